The number of ether oxygens (including phenoxy) is 2. The number of benzene rings is 2. The quantitative estimate of drug-likeness (QED) is 0.529. The van der Waals surface area contributed by atoms with Gasteiger partial charge in [-0.3, -0.25) is 0 Å². The summed E-state index contributed by atoms with van der Waals surface area (Å²) in [6, 6.07) is 14.3. The normalized spacial score (nSPS) is 15.1. The lowest BCUT2D eigenvalue weighted by Crippen LogP contribution is -2.25. The van der Waals surface area contributed by atoms with Crippen molar-refractivity contribution in [2.45, 2.75) is 25.9 Å². The molecule has 1 aromatic heterocycles. The molecule has 0 atom stereocenters. The van der Waals surface area contributed by atoms with E-state index in [1.807, 2.05) is 25.1 Å². The van der Waals surface area contributed by atoms with Crippen molar-refractivity contribution in [1.82, 2.24) is 0 Å². The Hall–Kier alpha value is -2.24. The van der Waals surface area contributed by atoms with E-state index in [1.165, 1.54) is 11.3 Å². The summed E-state index contributed by atoms with van der Waals surface area (Å²) in [7, 11) is 0. The second kappa shape index (κ2) is 7.79. The molecule has 4 rings (SSSR count). The Morgan fingerprint density at radius 2 is 1.56 bits per heavy atom. The molecule has 0 spiro atoms. The van der Waals surface area contributed by atoms with Gasteiger partial charge in [0.1, 0.15) is 6.10 Å². The Morgan fingerprint density at radius 1 is 0.889 bits per heavy atom. The molecule has 3 aromatic rings. The van der Waals surface area contributed by atoms with E-state index in [9.17, 15) is 8.78 Å². The van der Waals surface area contributed by atoms with Crippen molar-refractivity contribution in [2.24, 2.45) is 0 Å². The molecule has 0 saturated carbocycles. The fourth-order valence-corrected chi connectivity index (χ4v) is 4.12. The highest BCUT2D eigenvalue weighted by molar-refractivity contribution is 7.17. The topological polar surface area (TPSA) is 18.5 Å². The lowest BCUT2D eigenvalue weighted by Gasteiger charge is -2.22. The Kier molecular flexibility index (Phi) is 5.23. The van der Waals surface area contributed by atoms with Crippen LogP contribution in [0.2, 0.25) is 0 Å². The summed E-state index contributed by atoms with van der Waals surface area (Å²) in [5.41, 5.74) is 2.27. The second-order valence-electron chi connectivity index (χ2n) is 6.70. The molecular weight excluding hydrogens is 366 g/mol. The molecule has 140 valence electrons. The molecule has 0 bridgehead atoms. The lowest BCUT2D eigenvalue weighted by molar-refractivity contribution is 0.0271. The van der Waals surface area contributed by atoms with Crippen molar-refractivity contribution < 1.29 is 18.3 Å². The molecule has 2 nitrogen and oxygen atoms in total. The zero-order valence-corrected chi connectivity index (χ0v) is 15.8. The van der Waals surface area contributed by atoms with E-state index >= 15 is 0 Å². The molecule has 27 heavy (non-hydrogen) atoms. The summed E-state index contributed by atoms with van der Waals surface area (Å²) >= 11 is 1.34. The summed E-state index contributed by atoms with van der Waals surface area (Å²) in [5, 5.41) is 0.722. The highest BCUT2D eigenvalue weighted by atomic mass is 32.1. The smallest absolute Gasteiger partial charge is 0.174 e. The summed E-state index contributed by atoms with van der Waals surface area (Å²) in [5.74, 6) is -1.65. The molecule has 5 heteroatoms. The van der Waals surface area contributed by atoms with Gasteiger partial charge in [-0.15, -0.1) is 0 Å². The van der Waals surface area contributed by atoms with Crippen LogP contribution in [0.15, 0.2) is 48.5 Å². The van der Waals surface area contributed by atoms with Gasteiger partial charge in [-0.05, 0) is 30.7 Å². The fraction of sp³-hybridized carbons (Fsp3) is 0.273. The first-order valence-electron chi connectivity index (χ1n) is 9.01. The van der Waals surface area contributed by atoms with Crippen molar-refractivity contribution in [3.63, 3.8) is 0 Å². The number of hydrogen-bond donors (Lipinski definition) is 0. The van der Waals surface area contributed by atoms with Crippen molar-refractivity contribution >= 4 is 11.3 Å². The zero-order valence-electron chi connectivity index (χ0n) is 15.0. The van der Waals surface area contributed by atoms with Gasteiger partial charge in [-0.25, -0.2) is 8.78 Å². The van der Waals surface area contributed by atoms with Gasteiger partial charge in [0.2, 0.25) is 0 Å². The van der Waals surface area contributed by atoms with Crippen LogP contribution in [0.4, 0.5) is 8.78 Å². The van der Waals surface area contributed by atoms with E-state index in [0.29, 0.717) is 23.7 Å². The standard InChI is InChI=1S/C22H20F2O2S/c1-14-2-4-15(5-3-14)17-6-7-18(22(24)21(17)23)19-8-9-20(27-19)26-16-10-12-25-13-11-16/h2-9,16H,10-13H2,1H3. The number of halogens is 2. The number of rotatable bonds is 4. The largest absolute Gasteiger partial charge is 0.481 e. The van der Waals surface area contributed by atoms with Gasteiger partial charge in [-0.2, -0.15) is 0 Å². The van der Waals surface area contributed by atoms with Crippen molar-refractivity contribution in [1.29, 1.82) is 0 Å². The van der Waals surface area contributed by atoms with Gasteiger partial charge in [0.15, 0.2) is 16.7 Å². The van der Waals surface area contributed by atoms with E-state index in [-0.39, 0.29) is 17.2 Å². The van der Waals surface area contributed by atoms with Crippen LogP contribution in [0.5, 0.6) is 5.06 Å². The summed E-state index contributed by atoms with van der Waals surface area (Å²) in [4.78, 5) is 0.656. The Labute approximate surface area is 161 Å². The molecule has 0 aliphatic carbocycles. The molecule has 0 N–H and O–H groups in total. The maximum atomic E-state index is 14.8. The maximum absolute atomic E-state index is 14.8. The van der Waals surface area contributed by atoms with E-state index < -0.39 is 11.6 Å². The minimum Gasteiger partial charge on any atom is -0.481 e. The second-order valence-corrected chi connectivity index (χ2v) is 7.75. The minimum absolute atomic E-state index is 0.121. The van der Waals surface area contributed by atoms with Crippen LogP contribution in [-0.4, -0.2) is 19.3 Å². The van der Waals surface area contributed by atoms with Crippen LogP contribution in [0, 0.1) is 18.6 Å². The molecule has 2 aromatic carbocycles. The molecule has 0 radical (unpaired) electrons. The number of aryl methyl sites for hydroxylation is 1. The van der Waals surface area contributed by atoms with Crippen LogP contribution in [0.3, 0.4) is 0 Å². The SMILES string of the molecule is Cc1ccc(-c2ccc(-c3ccc(OC4CCOCC4)s3)c(F)c2F)cc1. The van der Waals surface area contributed by atoms with Gasteiger partial charge in [0, 0.05) is 28.8 Å². The van der Waals surface area contributed by atoms with Crippen molar-refractivity contribution in [2.75, 3.05) is 13.2 Å². The fourth-order valence-electron chi connectivity index (χ4n) is 3.18. The third-order valence-electron chi connectivity index (χ3n) is 4.74. The van der Waals surface area contributed by atoms with Crippen LogP contribution < -0.4 is 4.74 Å². The van der Waals surface area contributed by atoms with Gasteiger partial charge in [0.05, 0.1) is 13.2 Å². The number of hydrogen-bond acceptors (Lipinski definition) is 3. The van der Waals surface area contributed by atoms with Crippen LogP contribution in [0.25, 0.3) is 21.6 Å². The molecular formula is C22H20F2O2S. The summed E-state index contributed by atoms with van der Waals surface area (Å²) < 4.78 is 40.7. The molecule has 1 fully saturated rings. The van der Waals surface area contributed by atoms with Gasteiger partial charge in [-0.1, -0.05) is 47.2 Å². The summed E-state index contributed by atoms with van der Waals surface area (Å²) in [6.07, 6.45) is 1.82. The molecule has 1 aliphatic rings. The molecule has 1 saturated heterocycles. The minimum atomic E-state index is -0.826. The molecule has 1 aliphatic heterocycles. The monoisotopic (exact) mass is 386 g/mol. The van der Waals surface area contributed by atoms with E-state index in [4.69, 9.17) is 9.47 Å². The Bertz CT molecular complexity index is 928. The first kappa shape index (κ1) is 18.1. The van der Waals surface area contributed by atoms with E-state index in [1.54, 1.807) is 30.3 Å². The van der Waals surface area contributed by atoms with Gasteiger partial charge >= 0.3 is 0 Å². The van der Waals surface area contributed by atoms with Crippen molar-refractivity contribution in [3.05, 3.63) is 65.7 Å². The van der Waals surface area contributed by atoms with Crippen LogP contribution >= 0.6 is 11.3 Å². The first-order valence-corrected chi connectivity index (χ1v) is 9.83. The van der Waals surface area contributed by atoms with Gasteiger partial charge < -0.3 is 9.47 Å². The number of thiophene rings is 1. The highest BCUT2D eigenvalue weighted by Gasteiger charge is 2.19. The van der Waals surface area contributed by atoms with Crippen LogP contribution in [0.1, 0.15) is 18.4 Å². The first-order chi connectivity index (χ1) is 13.1. The molecule has 0 amide bonds. The van der Waals surface area contributed by atoms with E-state index in [0.717, 1.165) is 23.5 Å². The summed E-state index contributed by atoms with van der Waals surface area (Å²) in [6.45, 7) is 3.35. The Balaban J connectivity index is 1.59. The maximum Gasteiger partial charge on any atom is 0.174 e. The van der Waals surface area contributed by atoms with E-state index in [2.05, 4.69) is 0 Å². The highest BCUT2D eigenvalue weighted by Crippen LogP contribution is 2.38. The van der Waals surface area contributed by atoms with Crippen LogP contribution in [-0.2, 0) is 4.74 Å². The Morgan fingerprint density at radius 3 is 2.30 bits per heavy atom. The zero-order chi connectivity index (χ0) is 18.8. The molecule has 0 unspecified atom stereocenters. The predicted molar refractivity (Wildman–Crippen MR) is 104 cm³/mol. The third-order valence-corrected chi connectivity index (χ3v) is 5.75. The predicted octanol–water partition coefficient (Wildman–Crippen LogP) is 6.23. The van der Waals surface area contributed by atoms with Crippen molar-refractivity contribution in [3.8, 4) is 26.6 Å². The average molecular weight is 386 g/mol. The third kappa shape index (κ3) is 3.89. The molecule has 2 heterocycles. The van der Waals surface area contributed by atoms with Gasteiger partial charge in [0.25, 0.3) is 0 Å². The average Bonchev–Trinajstić information content (AvgIpc) is 3.14. The lowest BCUT2D eigenvalue weighted by atomic mass is 10.0.